The molecule has 56 heavy (non-hydrogen) atoms. The van der Waals surface area contributed by atoms with Crippen LogP contribution in [0.5, 0.6) is 0 Å². The highest BCUT2D eigenvalue weighted by Gasteiger charge is 2.27. The fourth-order valence-electron chi connectivity index (χ4n) is 8.26. The van der Waals surface area contributed by atoms with Gasteiger partial charge in [0.05, 0.1) is 11.7 Å². The third-order valence-electron chi connectivity index (χ3n) is 11.1. The van der Waals surface area contributed by atoms with E-state index in [0.717, 1.165) is 51.6 Å². The van der Waals surface area contributed by atoms with E-state index in [1.807, 2.05) is 0 Å². The van der Waals surface area contributed by atoms with Crippen LogP contribution < -0.4 is 5.32 Å². The van der Waals surface area contributed by atoms with Crippen LogP contribution in [0.1, 0.15) is 51.8 Å². The topological polar surface area (TPSA) is 36.8 Å². The average molecular weight is 718 g/mol. The van der Waals surface area contributed by atoms with E-state index in [1.54, 1.807) is 0 Å². The number of benzene rings is 8. The minimum atomic E-state index is -0.155. The molecule has 0 amide bonds. The van der Waals surface area contributed by atoms with Crippen LogP contribution in [0, 0.1) is 0 Å². The van der Waals surface area contributed by atoms with E-state index in [9.17, 15) is 0 Å². The summed E-state index contributed by atoms with van der Waals surface area (Å²) in [7, 11) is 0. The van der Waals surface area contributed by atoms with Crippen LogP contribution >= 0.6 is 0 Å². The van der Waals surface area contributed by atoms with Gasteiger partial charge in [0.1, 0.15) is 5.84 Å². The summed E-state index contributed by atoms with van der Waals surface area (Å²) in [5.41, 5.74) is 15.0. The lowest BCUT2D eigenvalue weighted by molar-refractivity contribution is 0.849. The Kier molecular flexibility index (Phi) is 8.74. The number of rotatable bonds is 7. The summed E-state index contributed by atoms with van der Waals surface area (Å²) in [6.07, 6.45) is 3.09. The summed E-state index contributed by atoms with van der Waals surface area (Å²) in [6.45, 7) is 0. The van der Waals surface area contributed by atoms with Crippen molar-refractivity contribution >= 4 is 33.7 Å². The average Bonchev–Trinajstić information content (AvgIpc) is 3.29. The molecule has 2 unspecified atom stereocenters. The van der Waals surface area contributed by atoms with Crippen molar-refractivity contribution in [3.8, 4) is 22.3 Å². The van der Waals surface area contributed by atoms with Gasteiger partial charge < -0.3 is 5.32 Å². The van der Waals surface area contributed by atoms with Crippen molar-refractivity contribution < 1.29 is 0 Å². The van der Waals surface area contributed by atoms with Gasteiger partial charge in [-0.15, -0.1) is 0 Å². The standard InChI is InChI=1S/C53H39N3/c1-5-15-36(16-6-1)41-23-13-25-44(31-41)51-35-50(40-21-11-4-12-22-40)55-53(56-51)45-26-14-24-42(32-45)43-28-27-38-29-30-48-52(46(38)33-43)47(37-17-7-2-8-18-37)34-49(54-48)39-19-9-3-10-20-39/h1-33,35,47,51H,34H2,(H,55,56). The SMILES string of the molecule is C1=C(c2ccccc2)NC(c2cccc(-c3ccc4ccc5c(c4c3)C(c3ccccc3)CC(c3ccccc3)=N5)c2)=NC1c1cccc(-c2ccccc2)c1. The van der Waals surface area contributed by atoms with Crippen LogP contribution in [0.4, 0.5) is 5.69 Å². The second-order valence-corrected chi connectivity index (χ2v) is 14.6. The zero-order valence-electron chi connectivity index (χ0n) is 30.9. The van der Waals surface area contributed by atoms with Crippen molar-refractivity contribution in [1.29, 1.82) is 0 Å². The Hall–Kier alpha value is -7.10. The molecule has 8 aromatic carbocycles. The Morgan fingerprint density at radius 1 is 0.446 bits per heavy atom. The van der Waals surface area contributed by atoms with Crippen molar-refractivity contribution in [2.75, 3.05) is 0 Å². The number of nitrogens with zero attached hydrogens (tertiary/aromatic N) is 2. The second kappa shape index (κ2) is 14.6. The van der Waals surface area contributed by atoms with Crippen molar-refractivity contribution in [3.63, 3.8) is 0 Å². The maximum absolute atomic E-state index is 5.37. The number of aliphatic imine (C=N–C) groups is 2. The lowest BCUT2D eigenvalue weighted by Gasteiger charge is -2.27. The molecule has 0 aliphatic carbocycles. The molecular formula is C53H39N3. The quantitative estimate of drug-likeness (QED) is 0.175. The van der Waals surface area contributed by atoms with Gasteiger partial charge in [-0.05, 0) is 91.2 Å². The van der Waals surface area contributed by atoms with E-state index < -0.39 is 0 Å². The lowest BCUT2D eigenvalue weighted by Crippen LogP contribution is -2.27. The molecule has 1 N–H and O–H groups in total. The molecule has 3 heteroatoms. The molecule has 0 saturated carbocycles. The summed E-state index contributed by atoms with van der Waals surface area (Å²) in [5.74, 6) is 1.04. The number of hydrogen-bond acceptors (Lipinski definition) is 3. The Bertz CT molecular complexity index is 2790. The van der Waals surface area contributed by atoms with Crippen LogP contribution in [-0.2, 0) is 0 Å². The summed E-state index contributed by atoms with van der Waals surface area (Å²) in [4.78, 5) is 10.7. The van der Waals surface area contributed by atoms with Crippen molar-refractivity contribution in [2.45, 2.75) is 18.4 Å². The molecule has 10 rings (SSSR count). The number of fused-ring (bicyclic) bond motifs is 3. The lowest BCUT2D eigenvalue weighted by atomic mass is 9.80. The largest absolute Gasteiger partial charge is 0.340 e. The predicted molar refractivity (Wildman–Crippen MR) is 234 cm³/mol. The van der Waals surface area contributed by atoms with Crippen LogP contribution in [0.25, 0.3) is 38.7 Å². The van der Waals surface area contributed by atoms with Crippen molar-refractivity contribution in [2.24, 2.45) is 9.98 Å². The molecule has 0 spiro atoms. The molecule has 8 aromatic rings. The van der Waals surface area contributed by atoms with Crippen LogP contribution in [-0.4, -0.2) is 11.5 Å². The normalized spacial score (nSPS) is 16.2. The monoisotopic (exact) mass is 717 g/mol. The second-order valence-electron chi connectivity index (χ2n) is 14.6. The molecule has 0 aromatic heterocycles. The molecule has 2 heterocycles. The minimum Gasteiger partial charge on any atom is -0.340 e. The summed E-state index contributed by atoms with van der Waals surface area (Å²) < 4.78 is 0. The van der Waals surface area contributed by atoms with E-state index in [4.69, 9.17) is 9.98 Å². The number of nitrogens with one attached hydrogen (secondary N) is 1. The Labute approximate surface area is 328 Å². The first-order valence-electron chi connectivity index (χ1n) is 19.4. The molecule has 0 fully saturated rings. The summed E-state index contributed by atoms with van der Waals surface area (Å²) >= 11 is 0. The van der Waals surface area contributed by atoms with Gasteiger partial charge in [-0.2, -0.15) is 0 Å². The molecule has 2 aliphatic rings. The van der Waals surface area contributed by atoms with E-state index in [1.165, 1.54) is 44.2 Å². The van der Waals surface area contributed by atoms with Gasteiger partial charge in [-0.3, -0.25) is 9.98 Å². The summed E-state index contributed by atoms with van der Waals surface area (Å²) in [5, 5.41) is 6.19. The smallest absolute Gasteiger partial charge is 0.133 e. The first-order chi connectivity index (χ1) is 27.7. The maximum Gasteiger partial charge on any atom is 0.133 e. The van der Waals surface area contributed by atoms with Crippen molar-refractivity contribution in [3.05, 3.63) is 240 Å². The molecule has 2 aliphatic heterocycles. The van der Waals surface area contributed by atoms with Gasteiger partial charge in [-0.1, -0.05) is 176 Å². The van der Waals surface area contributed by atoms with Gasteiger partial charge >= 0.3 is 0 Å². The minimum absolute atomic E-state index is 0.155. The Morgan fingerprint density at radius 3 is 1.77 bits per heavy atom. The molecule has 0 bridgehead atoms. The molecule has 2 atom stereocenters. The molecule has 0 radical (unpaired) electrons. The number of amidine groups is 1. The van der Waals surface area contributed by atoms with E-state index >= 15 is 0 Å². The van der Waals surface area contributed by atoms with Gasteiger partial charge in [-0.25, -0.2) is 0 Å². The first-order valence-corrected chi connectivity index (χ1v) is 19.4. The Balaban J connectivity index is 1.06. The van der Waals surface area contributed by atoms with Crippen LogP contribution in [0.2, 0.25) is 0 Å². The zero-order valence-corrected chi connectivity index (χ0v) is 30.9. The highest BCUT2D eigenvalue weighted by Crippen LogP contribution is 2.45. The molecule has 0 saturated heterocycles. The van der Waals surface area contributed by atoms with E-state index in [2.05, 4.69) is 212 Å². The van der Waals surface area contributed by atoms with E-state index in [-0.39, 0.29) is 12.0 Å². The first kappa shape index (κ1) is 33.5. The highest BCUT2D eigenvalue weighted by atomic mass is 15.0. The van der Waals surface area contributed by atoms with E-state index in [0.29, 0.717) is 0 Å². The molecule has 266 valence electrons. The third-order valence-corrected chi connectivity index (χ3v) is 11.1. The molecule has 3 nitrogen and oxygen atoms in total. The van der Waals surface area contributed by atoms with Crippen molar-refractivity contribution in [1.82, 2.24) is 5.32 Å². The highest BCUT2D eigenvalue weighted by molar-refractivity contribution is 6.07. The van der Waals surface area contributed by atoms with Gasteiger partial charge in [0.15, 0.2) is 0 Å². The van der Waals surface area contributed by atoms with Crippen LogP contribution in [0.15, 0.2) is 216 Å². The van der Waals surface area contributed by atoms with Gasteiger partial charge in [0, 0.05) is 29.3 Å². The summed E-state index contributed by atoms with van der Waals surface area (Å²) in [6, 6.07) is 71.3. The number of hydrogen-bond donors (Lipinski definition) is 1. The fourth-order valence-corrected chi connectivity index (χ4v) is 8.26. The predicted octanol–water partition coefficient (Wildman–Crippen LogP) is 13.0. The third kappa shape index (κ3) is 6.54. The van der Waals surface area contributed by atoms with Gasteiger partial charge in [0.25, 0.3) is 0 Å². The van der Waals surface area contributed by atoms with Gasteiger partial charge in [0.2, 0.25) is 0 Å². The zero-order chi connectivity index (χ0) is 37.3. The maximum atomic E-state index is 5.37. The Morgan fingerprint density at radius 2 is 1.02 bits per heavy atom. The molecular weight excluding hydrogens is 679 g/mol. The fraction of sp³-hybridized carbons (Fsp3) is 0.0566. The van der Waals surface area contributed by atoms with Crippen LogP contribution in [0.3, 0.4) is 0 Å².